The van der Waals surface area contributed by atoms with E-state index in [1.165, 1.54) is 11.3 Å². The molecule has 0 aliphatic rings. The molecule has 1 aromatic heterocycles. The van der Waals surface area contributed by atoms with Crippen LogP contribution in [-0.4, -0.2) is 32.7 Å². The van der Waals surface area contributed by atoms with Gasteiger partial charge in [-0.2, -0.15) is 0 Å². The van der Waals surface area contributed by atoms with E-state index in [1.54, 1.807) is 19.0 Å². The molecule has 0 unspecified atom stereocenters. The van der Waals surface area contributed by atoms with Gasteiger partial charge >= 0.3 is 0 Å². The fourth-order valence-electron chi connectivity index (χ4n) is 0.823. The number of carbonyl (C=O) groups is 1. The van der Waals surface area contributed by atoms with Crippen molar-refractivity contribution in [1.29, 1.82) is 0 Å². The minimum absolute atomic E-state index is 0.0414. The molecular formula is C8H10BNOS. The molecule has 4 heteroatoms. The Kier molecular flexibility index (Phi) is 2.92. The fraction of sp³-hybridized carbons (Fsp3) is 0.375. The zero-order chi connectivity index (χ0) is 9.14. The third-order valence-electron chi connectivity index (χ3n) is 1.48. The van der Waals surface area contributed by atoms with Gasteiger partial charge in [0.2, 0.25) is 0 Å². The van der Waals surface area contributed by atoms with Crippen LogP contribution in [0.4, 0.5) is 0 Å². The highest BCUT2D eigenvalue weighted by Gasteiger charge is 2.09. The monoisotopic (exact) mass is 179 g/mol. The van der Waals surface area contributed by atoms with Crippen LogP contribution < -0.4 is 0 Å². The second kappa shape index (κ2) is 3.76. The van der Waals surface area contributed by atoms with E-state index in [9.17, 15) is 4.79 Å². The first-order chi connectivity index (χ1) is 5.65. The second-order valence-electron chi connectivity index (χ2n) is 2.67. The summed E-state index contributed by atoms with van der Waals surface area (Å²) in [5, 5.41) is 0. The van der Waals surface area contributed by atoms with Gasteiger partial charge in [0.25, 0.3) is 5.91 Å². The highest BCUT2D eigenvalue weighted by atomic mass is 32.1. The fourth-order valence-corrected chi connectivity index (χ4v) is 1.73. The molecule has 0 N–H and O–H groups in total. The van der Waals surface area contributed by atoms with Gasteiger partial charge in [0.15, 0.2) is 0 Å². The average molecular weight is 179 g/mol. The molecule has 1 amide bonds. The highest BCUT2D eigenvalue weighted by Crippen LogP contribution is 2.17. The summed E-state index contributed by atoms with van der Waals surface area (Å²) in [6, 6.07) is 3.70. The van der Waals surface area contributed by atoms with Gasteiger partial charge in [-0.15, -0.1) is 11.3 Å². The van der Waals surface area contributed by atoms with Gasteiger partial charge in [-0.25, -0.2) is 0 Å². The lowest BCUT2D eigenvalue weighted by Crippen LogP contribution is -2.20. The molecule has 0 fully saturated rings. The van der Waals surface area contributed by atoms with Crippen LogP contribution in [0.2, 0.25) is 0 Å². The van der Waals surface area contributed by atoms with E-state index < -0.39 is 0 Å². The summed E-state index contributed by atoms with van der Waals surface area (Å²) < 4.78 is 0. The van der Waals surface area contributed by atoms with Crippen molar-refractivity contribution < 1.29 is 4.79 Å². The van der Waals surface area contributed by atoms with Gasteiger partial charge in [-0.05, 0) is 17.0 Å². The minimum Gasteiger partial charge on any atom is -0.344 e. The molecule has 62 valence electrons. The predicted molar refractivity (Wildman–Crippen MR) is 51.8 cm³/mol. The van der Waals surface area contributed by atoms with E-state index in [0.717, 1.165) is 9.75 Å². The number of hydrogen-bond acceptors (Lipinski definition) is 2. The Labute approximate surface area is 77.6 Å². The Hall–Kier alpha value is -0.765. The smallest absolute Gasteiger partial charge is 0.263 e. The third kappa shape index (κ3) is 1.88. The maximum Gasteiger partial charge on any atom is 0.263 e. The summed E-state index contributed by atoms with van der Waals surface area (Å²) >= 11 is 1.45. The number of rotatable bonds is 2. The lowest BCUT2D eigenvalue weighted by atomic mass is 10.0. The normalized spacial score (nSPS) is 9.83. The molecule has 12 heavy (non-hydrogen) atoms. The Bertz CT molecular complexity index is 282. The molecule has 0 saturated carbocycles. The molecule has 1 heterocycles. The molecule has 0 aliphatic carbocycles. The van der Waals surface area contributed by atoms with E-state index in [2.05, 4.69) is 0 Å². The van der Waals surface area contributed by atoms with Crippen LogP contribution in [0.15, 0.2) is 12.1 Å². The van der Waals surface area contributed by atoms with Crippen molar-refractivity contribution in [3.05, 3.63) is 21.9 Å². The van der Waals surface area contributed by atoms with Gasteiger partial charge in [0.1, 0.15) is 0 Å². The van der Waals surface area contributed by atoms with Crippen LogP contribution in [0, 0.1) is 0 Å². The van der Waals surface area contributed by atoms with Crippen molar-refractivity contribution >= 4 is 25.1 Å². The van der Waals surface area contributed by atoms with E-state index in [0.29, 0.717) is 6.32 Å². The van der Waals surface area contributed by atoms with Crippen LogP contribution in [-0.2, 0) is 6.32 Å². The van der Waals surface area contributed by atoms with E-state index in [4.69, 9.17) is 7.85 Å². The molecule has 0 saturated heterocycles. The summed E-state index contributed by atoms with van der Waals surface area (Å²) in [5.74, 6) is 0.0414. The SMILES string of the molecule is [B]Cc1ccc(C(=O)N(C)C)s1. The summed E-state index contributed by atoms with van der Waals surface area (Å²) in [7, 11) is 8.91. The zero-order valence-corrected chi connectivity index (χ0v) is 8.02. The summed E-state index contributed by atoms with van der Waals surface area (Å²) in [6.45, 7) is 0. The van der Waals surface area contributed by atoms with E-state index >= 15 is 0 Å². The summed E-state index contributed by atoms with van der Waals surface area (Å²) in [5.41, 5.74) is 0. The lowest BCUT2D eigenvalue weighted by molar-refractivity contribution is 0.0832. The van der Waals surface area contributed by atoms with Crippen LogP contribution in [0.5, 0.6) is 0 Å². The van der Waals surface area contributed by atoms with Crippen molar-refractivity contribution in [2.24, 2.45) is 0 Å². The van der Waals surface area contributed by atoms with Crippen LogP contribution >= 0.6 is 11.3 Å². The predicted octanol–water partition coefficient (Wildman–Crippen LogP) is 1.12. The standard InChI is InChI=1S/C8H10BNOS/c1-10(2)8(11)7-4-3-6(5-9)12-7/h3-4H,5H2,1-2H3. The molecule has 0 bridgehead atoms. The second-order valence-corrected chi connectivity index (χ2v) is 3.84. The Balaban J connectivity index is 2.82. The Morgan fingerprint density at radius 1 is 1.58 bits per heavy atom. The molecule has 1 rings (SSSR count). The molecule has 0 aromatic carbocycles. The van der Waals surface area contributed by atoms with Crippen molar-refractivity contribution in [2.45, 2.75) is 6.32 Å². The van der Waals surface area contributed by atoms with Crippen LogP contribution in [0.1, 0.15) is 14.5 Å². The number of thiophene rings is 1. The molecule has 0 aliphatic heterocycles. The first-order valence-electron chi connectivity index (χ1n) is 3.65. The molecule has 0 atom stereocenters. The highest BCUT2D eigenvalue weighted by molar-refractivity contribution is 7.14. The van der Waals surface area contributed by atoms with Crippen molar-refractivity contribution in [3.63, 3.8) is 0 Å². The van der Waals surface area contributed by atoms with Crippen molar-refractivity contribution in [2.75, 3.05) is 14.1 Å². The van der Waals surface area contributed by atoms with Crippen molar-refractivity contribution in [3.8, 4) is 0 Å². The maximum absolute atomic E-state index is 11.4. The van der Waals surface area contributed by atoms with E-state index in [1.807, 2.05) is 12.1 Å². The first-order valence-corrected chi connectivity index (χ1v) is 4.47. The third-order valence-corrected chi connectivity index (χ3v) is 2.58. The van der Waals surface area contributed by atoms with Gasteiger partial charge in [0, 0.05) is 14.1 Å². The van der Waals surface area contributed by atoms with Gasteiger partial charge in [-0.3, -0.25) is 4.79 Å². The van der Waals surface area contributed by atoms with Gasteiger partial charge in [0.05, 0.1) is 12.7 Å². The largest absolute Gasteiger partial charge is 0.344 e. The minimum atomic E-state index is 0.0414. The number of carbonyl (C=O) groups excluding carboxylic acids is 1. The maximum atomic E-state index is 11.4. The number of hydrogen-bond donors (Lipinski definition) is 0. The molecule has 2 radical (unpaired) electrons. The molecular weight excluding hydrogens is 169 g/mol. The van der Waals surface area contributed by atoms with Crippen LogP contribution in [0.25, 0.3) is 0 Å². The van der Waals surface area contributed by atoms with Gasteiger partial charge < -0.3 is 4.90 Å². The first kappa shape index (κ1) is 9.32. The molecule has 1 aromatic rings. The molecule has 2 nitrogen and oxygen atoms in total. The Morgan fingerprint density at radius 2 is 2.25 bits per heavy atom. The van der Waals surface area contributed by atoms with Gasteiger partial charge in [-0.1, -0.05) is 6.32 Å². The summed E-state index contributed by atoms with van der Waals surface area (Å²) in [4.78, 5) is 14.7. The Morgan fingerprint density at radius 3 is 2.67 bits per heavy atom. The van der Waals surface area contributed by atoms with E-state index in [-0.39, 0.29) is 5.91 Å². The topological polar surface area (TPSA) is 20.3 Å². The zero-order valence-electron chi connectivity index (χ0n) is 7.20. The van der Waals surface area contributed by atoms with Crippen LogP contribution in [0.3, 0.4) is 0 Å². The number of nitrogens with zero attached hydrogens (tertiary/aromatic N) is 1. The number of amides is 1. The average Bonchev–Trinajstić information content (AvgIpc) is 2.50. The molecule has 0 spiro atoms. The quantitative estimate of drug-likeness (QED) is 0.623. The van der Waals surface area contributed by atoms with Crippen molar-refractivity contribution in [1.82, 2.24) is 4.90 Å². The lowest BCUT2D eigenvalue weighted by Gasteiger charge is -2.06. The summed E-state index contributed by atoms with van der Waals surface area (Å²) in [6.07, 6.45) is 0.505.